The summed E-state index contributed by atoms with van der Waals surface area (Å²) in [6.07, 6.45) is 4.05. The summed E-state index contributed by atoms with van der Waals surface area (Å²) >= 11 is 0. The summed E-state index contributed by atoms with van der Waals surface area (Å²) < 4.78 is 10.8. The quantitative estimate of drug-likeness (QED) is 0.811. The standard InChI is InChI=1S/C22H22N4O4/c1-14-4-2-3-5-16(14)23-21(27)12-25-8-9-26-18(22(25)28)11-17(24-26)15-6-7-19-20(10-15)30-13-29-19/h2-10,17-18,24H,11-13H2,1H3,(H,23,27). The summed E-state index contributed by atoms with van der Waals surface area (Å²) in [7, 11) is 0. The van der Waals surface area contributed by atoms with Crippen molar-refractivity contribution < 1.29 is 19.1 Å². The first-order chi connectivity index (χ1) is 14.6. The molecule has 154 valence electrons. The van der Waals surface area contributed by atoms with Crippen LogP contribution in [0.3, 0.4) is 0 Å². The predicted octanol–water partition coefficient (Wildman–Crippen LogP) is 2.30. The number of para-hydroxylation sites is 1. The van der Waals surface area contributed by atoms with E-state index in [0.29, 0.717) is 6.42 Å². The minimum atomic E-state index is -0.364. The van der Waals surface area contributed by atoms with E-state index in [1.165, 1.54) is 4.90 Å². The maximum Gasteiger partial charge on any atom is 0.251 e. The maximum atomic E-state index is 13.0. The Balaban J connectivity index is 1.25. The van der Waals surface area contributed by atoms with Gasteiger partial charge in [0, 0.05) is 18.1 Å². The van der Waals surface area contributed by atoms with Gasteiger partial charge in [-0.25, -0.2) is 5.43 Å². The highest BCUT2D eigenvalue weighted by Gasteiger charge is 2.40. The van der Waals surface area contributed by atoms with Gasteiger partial charge in [0.05, 0.1) is 6.04 Å². The van der Waals surface area contributed by atoms with Crippen molar-refractivity contribution in [2.75, 3.05) is 18.7 Å². The van der Waals surface area contributed by atoms with Crippen molar-refractivity contribution >= 4 is 17.5 Å². The summed E-state index contributed by atoms with van der Waals surface area (Å²) in [5, 5.41) is 4.69. The van der Waals surface area contributed by atoms with E-state index in [4.69, 9.17) is 9.47 Å². The Hall–Kier alpha value is -3.52. The van der Waals surface area contributed by atoms with E-state index in [1.54, 1.807) is 12.4 Å². The number of fused-ring (bicyclic) bond motifs is 2. The molecule has 2 unspecified atom stereocenters. The van der Waals surface area contributed by atoms with Gasteiger partial charge in [-0.05, 0) is 42.7 Å². The van der Waals surface area contributed by atoms with Crippen LogP contribution in [0.4, 0.5) is 5.69 Å². The fourth-order valence-electron chi connectivity index (χ4n) is 3.97. The minimum Gasteiger partial charge on any atom is -0.454 e. The zero-order valence-electron chi connectivity index (χ0n) is 16.5. The Kier molecular flexibility index (Phi) is 4.55. The zero-order valence-corrected chi connectivity index (χ0v) is 16.5. The Bertz CT molecular complexity index is 1040. The van der Waals surface area contributed by atoms with Crippen LogP contribution in [0, 0.1) is 6.92 Å². The molecule has 2 atom stereocenters. The molecule has 30 heavy (non-hydrogen) atoms. The largest absolute Gasteiger partial charge is 0.454 e. The molecule has 0 radical (unpaired) electrons. The van der Waals surface area contributed by atoms with E-state index in [9.17, 15) is 9.59 Å². The molecular formula is C22H22N4O4. The monoisotopic (exact) mass is 406 g/mol. The van der Waals surface area contributed by atoms with Crippen LogP contribution in [0.25, 0.3) is 0 Å². The molecule has 2 aromatic rings. The normalized spacial score (nSPS) is 21.7. The molecule has 1 fully saturated rings. The van der Waals surface area contributed by atoms with Crippen LogP contribution in [-0.2, 0) is 9.59 Å². The zero-order chi connectivity index (χ0) is 20.7. The first-order valence-corrected chi connectivity index (χ1v) is 9.87. The van der Waals surface area contributed by atoms with Gasteiger partial charge in [-0.15, -0.1) is 0 Å². The number of rotatable bonds is 4. The second-order valence-electron chi connectivity index (χ2n) is 7.58. The van der Waals surface area contributed by atoms with Gasteiger partial charge in [-0.3, -0.25) is 9.59 Å². The molecule has 5 rings (SSSR count). The van der Waals surface area contributed by atoms with E-state index >= 15 is 0 Å². The topological polar surface area (TPSA) is 83.1 Å². The molecule has 3 aliphatic heterocycles. The van der Waals surface area contributed by atoms with E-state index in [-0.39, 0.29) is 37.2 Å². The number of aryl methyl sites for hydroxylation is 1. The Morgan fingerprint density at radius 2 is 2.00 bits per heavy atom. The molecule has 3 aliphatic rings. The first kappa shape index (κ1) is 18.5. The van der Waals surface area contributed by atoms with E-state index in [0.717, 1.165) is 28.3 Å². The molecule has 8 heteroatoms. The molecule has 2 aromatic carbocycles. The van der Waals surface area contributed by atoms with Crippen molar-refractivity contribution in [3.8, 4) is 11.5 Å². The Labute approximate surface area is 174 Å². The smallest absolute Gasteiger partial charge is 0.251 e. The van der Waals surface area contributed by atoms with Gasteiger partial charge in [-0.1, -0.05) is 24.3 Å². The average molecular weight is 406 g/mol. The van der Waals surface area contributed by atoms with Gasteiger partial charge in [0.1, 0.15) is 12.6 Å². The van der Waals surface area contributed by atoms with E-state index < -0.39 is 0 Å². The van der Waals surface area contributed by atoms with Gasteiger partial charge in [-0.2, -0.15) is 0 Å². The van der Waals surface area contributed by atoms with Gasteiger partial charge in [0.15, 0.2) is 11.5 Å². The summed E-state index contributed by atoms with van der Waals surface area (Å²) in [4.78, 5) is 26.9. The van der Waals surface area contributed by atoms with Crippen molar-refractivity contribution in [3.63, 3.8) is 0 Å². The molecule has 8 nitrogen and oxygen atoms in total. The highest BCUT2D eigenvalue weighted by Crippen LogP contribution is 2.37. The fraction of sp³-hybridized carbons (Fsp3) is 0.273. The molecule has 2 N–H and O–H groups in total. The van der Waals surface area contributed by atoms with Gasteiger partial charge >= 0.3 is 0 Å². The van der Waals surface area contributed by atoms with Crippen molar-refractivity contribution in [2.24, 2.45) is 0 Å². The molecule has 0 aromatic heterocycles. The number of hydrogen-bond acceptors (Lipinski definition) is 6. The first-order valence-electron chi connectivity index (χ1n) is 9.87. The summed E-state index contributed by atoms with van der Waals surface area (Å²) in [6.45, 7) is 2.13. The third kappa shape index (κ3) is 3.35. The lowest BCUT2D eigenvalue weighted by Crippen LogP contribution is -2.49. The number of benzene rings is 2. The molecule has 0 aliphatic carbocycles. The fourth-order valence-corrected chi connectivity index (χ4v) is 3.97. The van der Waals surface area contributed by atoms with Crippen LogP contribution in [0.2, 0.25) is 0 Å². The number of nitrogens with zero attached hydrogens (tertiary/aromatic N) is 2. The number of amides is 2. The van der Waals surface area contributed by atoms with Gasteiger partial charge in [0.25, 0.3) is 5.91 Å². The van der Waals surface area contributed by atoms with Crippen LogP contribution in [0.5, 0.6) is 11.5 Å². The Morgan fingerprint density at radius 1 is 1.17 bits per heavy atom. The SMILES string of the molecule is Cc1ccccc1NC(=O)CN1C=CN2NC(c3ccc4c(c3)OCO4)CC2C1=O. The van der Waals surface area contributed by atoms with Crippen molar-refractivity contribution in [3.05, 3.63) is 66.0 Å². The predicted molar refractivity (Wildman–Crippen MR) is 109 cm³/mol. The maximum absolute atomic E-state index is 13.0. The molecule has 1 saturated heterocycles. The van der Waals surface area contributed by atoms with Crippen LogP contribution >= 0.6 is 0 Å². The molecule has 3 heterocycles. The highest BCUT2D eigenvalue weighted by molar-refractivity contribution is 5.96. The lowest BCUT2D eigenvalue weighted by atomic mass is 10.0. The lowest BCUT2D eigenvalue weighted by Gasteiger charge is -2.31. The summed E-state index contributed by atoms with van der Waals surface area (Å²) in [6, 6.07) is 13.0. The van der Waals surface area contributed by atoms with Crippen molar-refractivity contribution in [1.82, 2.24) is 15.3 Å². The van der Waals surface area contributed by atoms with Crippen LogP contribution in [0.1, 0.15) is 23.6 Å². The number of anilines is 1. The second kappa shape index (κ2) is 7.38. The summed E-state index contributed by atoms with van der Waals surface area (Å²) in [5.41, 5.74) is 6.11. The Morgan fingerprint density at radius 3 is 2.87 bits per heavy atom. The number of ether oxygens (including phenoxy) is 2. The van der Waals surface area contributed by atoms with Gasteiger partial charge < -0.3 is 24.7 Å². The third-order valence-corrected chi connectivity index (χ3v) is 5.61. The number of carbonyl (C=O) groups is 2. The van der Waals surface area contributed by atoms with Gasteiger partial charge in [0.2, 0.25) is 12.7 Å². The lowest BCUT2D eigenvalue weighted by molar-refractivity contribution is -0.137. The molecule has 0 spiro atoms. The molecule has 0 saturated carbocycles. The van der Waals surface area contributed by atoms with Crippen LogP contribution in [-0.4, -0.2) is 41.1 Å². The number of hydrazine groups is 1. The number of nitrogens with one attached hydrogen (secondary N) is 2. The average Bonchev–Trinajstić information content (AvgIpc) is 3.38. The van der Waals surface area contributed by atoms with E-state index in [1.807, 2.05) is 54.4 Å². The van der Waals surface area contributed by atoms with E-state index in [2.05, 4.69) is 10.7 Å². The minimum absolute atomic E-state index is 0.0251. The molecule has 2 amide bonds. The van der Waals surface area contributed by atoms with Crippen LogP contribution < -0.4 is 20.2 Å². The number of carbonyl (C=O) groups excluding carboxylic acids is 2. The second-order valence-corrected chi connectivity index (χ2v) is 7.58. The number of hydrogen-bond donors (Lipinski definition) is 2. The van der Waals surface area contributed by atoms with Crippen molar-refractivity contribution in [2.45, 2.75) is 25.4 Å². The molecule has 0 bridgehead atoms. The summed E-state index contributed by atoms with van der Waals surface area (Å²) in [5.74, 6) is 1.12. The third-order valence-electron chi connectivity index (χ3n) is 5.61. The highest BCUT2D eigenvalue weighted by atomic mass is 16.7. The van der Waals surface area contributed by atoms with Crippen LogP contribution in [0.15, 0.2) is 54.9 Å². The molecular weight excluding hydrogens is 384 g/mol. The van der Waals surface area contributed by atoms with Crippen molar-refractivity contribution in [1.29, 1.82) is 0 Å².